The van der Waals surface area contributed by atoms with Crippen LogP contribution >= 0.6 is 23.2 Å². The molecule has 0 unspecified atom stereocenters. The van der Waals surface area contributed by atoms with E-state index in [-0.39, 0.29) is 6.61 Å². The van der Waals surface area contributed by atoms with Crippen LogP contribution in [0.2, 0.25) is 10.0 Å². The molecule has 1 amide bonds. The van der Waals surface area contributed by atoms with Crippen LogP contribution in [-0.4, -0.2) is 25.3 Å². The van der Waals surface area contributed by atoms with E-state index in [2.05, 4.69) is 17.5 Å². The second-order valence-electron chi connectivity index (χ2n) is 5.43. The Morgan fingerprint density at radius 1 is 1.15 bits per heavy atom. The van der Waals surface area contributed by atoms with E-state index >= 15 is 0 Å². The van der Waals surface area contributed by atoms with E-state index in [9.17, 15) is 4.79 Å². The van der Waals surface area contributed by atoms with Crippen LogP contribution in [-0.2, 0) is 4.79 Å². The van der Waals surface area contributed by atoms with Gasteiger partial charge in [-0.25, -0.2) is 5.43 Å². The summed E-state index contributed by atoms with van der Waals surface area (Å²) >= 11 is 11.8. The summed E-state index contributed by atoms with van der Waals surface area (Å²) in [6.45, 7) is 2.62. The van der Waals surface area contributed by atoms with Crippen molar-refractivity contribution in [3.8, 4) is 11.5 Å². The number of halogens is 2. The molecule has 0 atom stereocenters. The fourth-order valence-corrected chi connectivity index (χ4v) is 2.39. The Morgan fingerprint density at radius 3 is 2.62 bits per heavy atom. The molecule has 0 radical (unpaired) electrons. The van der Waals surface area contributed by atoms with Crippen LogP contribution in [0, 0.1) is 0 Å². The van der Waals surface area contributed by atoms with Crippen LogP contribution in [0.25, 0.3) is 0 Å². The smallest absolute Gasteiger partial charge is 0.277 e. The number of hydrazone groups is 1. The summed E-state index contributed by atoms with van der Waals surface area (Å²) in [5, 5.41) is 4.74. The van der Waals surface area contributed by atoms with E-state index in [0.717, 1.165) is 24.2 Å². The number of hydrogen-bond donors (Lipinski definition) is 1. The molecule has 0 aliphatic carbocycles. The number of hydrogen-bond acceptors (Lipinski definition) is 4. The lowest BCUT2D eigenvalue weighted by Gasteiger charge is -2.07. The monoisotopic (exact) mass is 394 g/mol. The largest absolute Gasteiger partial charge is 0.494 e. The summed E-state index contributed by atoms with van der Waals surface area (Å²) in [5.74, 6) is 0.800. The van der Waals surface area contributed by atoms with Crippen molar-refractivity contribution in [1.82, 2.24) is 5.43 Å². The molecule has 0 aliphatic rings. The standard InChI is InChI=1S/C19H20Cl2N2O3/c1-2-3-10-25-16-7-4-14(5-8-16)12-22-23-19(24)13-26-18-9-6-15(20)11-17(18)21/h4-9,11-12H,2-3,10,13H2,1H3,(H,23,24)/b22-12-. The number of rotatable bonds is 9. The van der Waals surface area contributed by atoms with Gasteiger partial charge in [-0.1, -0.05) is 36.5 Å². The molecule has 0 aromatic heterocycles. The van der Waals surface area contributed by atoms with E-state index in [1.807, 2.05) is 24.3 Å². The Morgan fingerprint density at radius 2 is 1.92 bits per heavy atom. The number of carbonyl (C=O) groups excluding carboxylic acids is 1. The first kappa shape index (κ1) is 20.1. The predicted octanol–water partition coefficient (Wildman–Crippen LogP) is 4.70. The number of nitrogens with zero attached hydrogens (tertiary/aromatic N) is 1. The first-order chi connectivity index (χ1) is 12.6. The van der Waals surface area contributed by atoms with Gasteiger partial charge in [-0.3, -0.25) is 4.79 Å². The van der Waals surface area contributed by atoms with Gasteiger partial charge >= 0.3 is 0 Å². The van der Waals surface area contributed by atoms with Crippen molar-refractivity contribution in [2.75, 3.05) is 13.2 Å². The number of amides is 1. The van der Waals surface area contributed by atoms with Crippen LogP contribution < -0.4 is 14.9 Å². The Bertz CT molecular complexity index is 749. The Balaban J connectivity index is 1.75. The average Bonchev–Trinajstić information content (AvgIpc) is 2.62. The van der Waals surface area contributed by atoms with E-state index in [1.54, 1.807) is 24.4 Å². The molecule has 0 aliphatic heterocycles. The van der Waals surface area contributed by atoms with Crippen molar-refractivity contribution < 1.29 is 14.3 Å². The van der Waals surface area contributed by atoms with Crippen molar-refractivity contribution >= 4 is 35.3 Å². The topological polar surface area (TPSA) is 59.9 Å². The molecule has 26 heavy (non-hydrogen) atoms. The highest BCUT2D eigenvalue weighted by atomic mass is 35.5. The number of nitrogens with one attached hydrogen (secondary N) is 1. The van der Waals surface area contributed by atoms with Gasteiger partial charge in [0.1, 0.15) is 11.5 Å². The van der Waals surface area contributed by atoms with Gasteiger partial charge in [0.2, 0.25) is 0 Å². The highest BCUT2D eigenvalue weighted by Crippen LogP contribution is 2.27. The van der Waals surface area contributed by atoms with Crippen LogP contribution in [0.4, 0.5) is 0 Å². The maximum Gasteiger partial charge on any atom is 0.277 e. The van der Waals surface area contributed by atoms with Crippen LogP contribution in [0.5, 0.6) is 11.5 Å². The van der Waals surface area contributed by atoms with Crippen LogP contribution in [0.15, 0.2) is 47.6 Å². The quantitative estimate of drug-likeness (QED) is 0.380. The van der Waals surface area contributed by atoms with Crippen molar-refractivity contribution in [3.63, 3.8) is 0 Å². The van der Waals surface area contributed by atoms with Crippen LogP contribution in [0.3, 0.4) is 0 Å². The number of unbranched alkanes of at least 4 members (excludes halogenated alkanes) is 1. The molecule has 0 bridgehead atoms. The third-order valence-corrected chi connectivity index (χ3v) is 3.83. The summed E-state index contributed by atoms with van der Waals surface area (Å²) in [6.07, 6.45) is 3.67. The highest BCUT2D eigenvalue weighted by Gasteiger charge is 2.05. The molecule has 138 valence electrons. The summed E-state index contributed by atoms with van der Waals surface area (Å²) in [5.41, 5.74) is 3.24. The van der Waals surface area contributed by atoms with Gasteiger partial charge in [0, 0.05) is 5.02 Å². The van der Waals surface area contributed by atoms with Crippen molar-refractivity contribution in [2.45, 2.75) is 19.8 Å². The molecule has 0 saturated carbocycles. The SMILES string of the molecule is CCCCOc1ccc(/C=N\NC(=O)COc2ccc(Cl)cc2Cl)cc1. The Labute approximate surface area is 162 Å². The van der Waals surface area contributed by atoms with Crippen molar-refractivity contribution in [2.24, 2.45) is 5.10 Å². The normalized spacial score (nSPS) is 10.7. The molecular formula is C19H20Cl2N2O3. The highest BCUT2D eigenvalue weighted by molar-refractivity contribution is 6.35. The molecule has 0 heterocycles. The first-order valence-electron chi connectivity index (χ1n) is 8.21. The minimum absolute atomic E-state index is 0.205. The number of benzene rings is 2. The molecule has 0 fully saturated rings. The zero-order valence-corrected chi connectivity index (χ0v) is 15.9. The predicted molar refractivity (Wildman–Crippen MR) is 105 cm³/mol. The van der Waals surface area contributed by atoms with Gasteiger partial charge in [-0.15, -0.1) is 0 Å². The molecule has 2 aromatic carbocycles. The van der Waals surface area contributed by atoms with Gasteiger partial charge in [-0.2, -0.15) is 5.10 Å². The maximum atomic E-state index is 11.7. The van der Waals surface area contributed by atoms with Crippen molar-refractivity contribution in [1.29, 1.82) is 0 Å². The zero-order chi connectivity index (χ0) is 18.8. The molecule has 0 spiro atoms. The second kappa shape index (κ2) is 10.7. The van der Waals surface area contributed by atoms with Crippen LogP contribution in [0.1, 0.15) is 25.3 Å². The minimum atomic E-state index is -0.396. The average molecular weight is 395 g/mol. The summed E-state index contributed by atoms with van der Waals surface area (Å²) in [6, 6.07) is 12.2. The molecule has 2 rings (SSSR count). The first-order valence-corrected chi connectivity index (χ1v) is 8.96. The molecular weight excluding hydrogens is 375 g/mol. The van der Waals surface area contributed by atoms with E-state index in [4.69, 9.17) is 32.7 Å². The molecule has 1 N–H and O–H groups in total. The summed E-state index contributed by atoms with van der Waals surface area (Å²) in [4.78, 5) is 11.7. The minimum Gasteiger partial charge on any atom is -0.494 e. The van der Waals surface area contributed by atoms with Gasteiger partial charge in [0.15, 0.2) is 6.61 Å². The molecule has 0 saturated heterocycles. The zero-order valence-electron chi connectivity index (χ0n) is 14.4. The van der Waals surface area contributed by atoms with E-state index in [0.29, 0.717) is 22.4 Å². The van der Waals surface area contributed by atoms with Gasteiger partial charge < -0.3 is 9.47 Å². The third kappa shape index (κ3) is 6.94. The number of carbonyl (C=O) groups is 1. The third-order valence-electron chi connectivity index (χ3n) is 3.30. The molecule has 7 heteroatoms. The fraction of sp³-hybridized carbons (Fsp3) is 0.263. The summed E-state index contributed by atoms with van der Waals surface area (Å²) < 4.78 is 10.9. The molecule has 2 aromatic rings. The van der Waals surface area contributed by atoms with Crippen molar-refractivity contribution in [3.05, 3.63) is 58.1 Å². The Kier molecular flexibility index (Phi) is 8.25. The lowest BCUT2D eigenvalue weighted by molar-refractivity contribution is -0.123. The summed E-state index contributed by atoms with van der Waals surface area (Å²) in [7, 11) is 0. The van der Waals surface area contributed by atoms with Gasteiger partial charge in [-0.05, 0) is 54.4 Å². The maximum absolute atomic E-state index is 11.7. The van der Waals surface area contributed by atoms with E-state index in [1.165, 1.54) is 0 Å². The number of ether oxygens (including phenoxy) is 2. The second-order valence-corrected chi connectivity index (χ2v) is 6.27. The van der Waals surface area contributed by atoms with E-state index < -0.39 is 5.91 Å². The lowest BCUT2D eigenvalue weighted by Crippen LogP contribution is -2.24. The lowest BCUT2D eigenvalue weighted by atomic mass is 10.2. The fourth-order valence-electron chi connectivity index (χ4n) is 1.93. The molecule has 5 nitrogen and oxygen atoms in total. The van der Waals surface area contributed by atoms with Gasteiger partial charge in [0.05, 0.1) is 17.8 Å². The van der Waals surface area contributed by atoms with Gasteiger partial charge in [0.25, 0.3) is 5.91 Å². The Hall–Kier alpha value is -2.24.